The maximum atomic E-state index is 5.90. The second-order valence-electron chi connectivity index (χ2n) is 5.85. The van der Waals surface area contributed by atoms with Crippen LogP contribution < -0.4 is 15.4 Å². The van der Waals surface area contributed by atoms with Crippen molar-refractivity contribution in [3.63, 3.8) is 0 Å². The first kappa shape index (κ1) is 21.0. The van der Waals surface area contributed by atoms with Gasteiger partial charge in [0.2, 0.25) is 0 Å². The minimum Gasteiger partial charge on any atom is -0.491 e. The van der Waals surface area contributed by atoms with Crippen LogP contribution in [-0.2, 0) is 4.74 Å². The molecule has 0 radical (unpaired) electrons. The van der Waals surface area contributed by atoms with E-state index in [1.807, 2.05) is 0 Å². The Kier molecular flexibility index (Phi) is 10.1. The number of hydrogen-bond acceptors (Lipinski definition) is 3. The third-order valence-electron chi connectivity index (χ3n) is 3.87. The summed E-state index contributed by atoms with van der Waals surface area (Å²) in [6, 6.07) is 6.20. The molecule has 0 bridgehead atoms. The largest absolute Gasteiger partial charge is 0.491 e. The lowest BCUT2D eigenvalue weighted by Gasteiger charge is -2.15. The molecule has 1 aliphatic heterocycles. The molecule has 2 N–H and O–H groups in total. The van der Waals surface area contributed by atoms with Crippen LogP contribution in [0.1, 0.15) is 30.9 Å². The zero-order valence-corrected chi connectivity index (χ0v) is 17.3. The van der Waals surface area contributed by atoms with Crippen LogP contribution in [0.4, 0.5) is 0 Å². The lowest BCUT2D eigenvalue weighted by molar-refractivity contribution is 0.117. The third-order valence-corrected chi connectivity index (χ3v) is 3.87. The number of nitrogens with zero attached hydrogens (tertiary/aromatic N) is 1. The summed E-state index contributed by atoms with van der Waals surface area (Å²) in [4.78, 5) is 4.59. The molecule has 1 unspecified atom stereocenters. The van der Waals surface area contributed by atoms with E-state index in [1.165, 1.54) is 11.1 Å². The van der Waals surface area contributed by atoms with Gasteiger partial charge in [0.15, 0.2) is 5.96 Å². The average molecular weight is 447 g/mol. The Balaban J connectivity index is 0.00000288. The third kappa shape index (κ3) is 6.84. The second-order valence-corrected chi connectivity index (χ2v) is 5.85. The Hall–Kier alpha value is -1.02. The van der Waals surface area contributed by atoms with E-state index in [0.717, 1.165) is 37.7 Å². The number of aliphatic imine (C=N–C) groups is 1. The molecule has 1 aromatic rings. The maximum Gasteiger partial charge on any atom is 0.191 e. The Morgan fingerprint density at radius 3 is 2.67 bits per heavy atom. The molecule has 0 spiro atoms. The predicted octanol–water partition coefficient (Wildman–Crippen LogP) is 3.03. The van der Waals surface area contributed by atoms with Crippen LogP contribution in [0, 0.1) is 13.8 Å². The van der Waals surface area contributed by atoms with Gasteiger partial charge in [0.25, 0.3) is 0 Å². The first-order valence-corrected chi connectivity index (χ1v) is 8.53. The molecule has 1 aliphatic rings. The molecule has 6 heteroatoms. The van der Waals surface area contributed by atoms with Crippen molar-refractivity contribution >= 4 is 29.9 Å². The number of hydrogen-bond donors (Lipinski definition) is 2. The zero-order valence-electron chi connectivity index (χ0n) is 14.9. The standard InChI is InChI=1S/C18H29N3O2.HI/c1-4-19-18(21-13-16-9-6-11-22-16)20-10-12-23-17-14(2)7-5-8-15(17)3;/h5,7-8,16H,4,6,9-13H2,1-3H3,(H2,19,20,21);1H. The highest BCUT2D eigenvalue weighted by atomic mass is 127. The van der Waals surface area contributed by atoms with Gasteiger partial charge in [-0.05, 0) is 44.7 Å². The summed E-state index contributed by atoms with van der Waals surface area (Å²) < 4.78 is 11.5. The molecule has 1 heterocycles. The molecule has 24 heavy (non-hydrogen) atoms. The number of aryl methyl sites for hydroxylation is 2. The average Bonchev–Trinajstić information content (AvgIpc) is 3.04. The lowest BCUT2D eigenvalue weighted by atomic mass is 10.1. The van der Waals surface area contributed by atoms with Gasteiger partial charge >= 0.3 is 0 Å². The molecule has 1 atom stereocenters. The van der Waals surface area contributed by atoms with Gasteiger partial charge in [0.1, 0.15) is 12.4 Å². The minimum atomic E-state index is 0. The monoisotopic (exact) mass is 447 g/mol. The van der Waals surface area contributed by atoms with Crippen molar-refractivity contribution < 1.29 is 9.47 Å². The van der Waals surface area contributed by atoms with Gasteiger partial charge in [0, 0.05) is 13.2 Å². The van der Waals surface area contributed by atoms with Crippen LogP contribution in [0.25, 0.3) is 0 Å². The smallest absolute Gasteiger partial charge is 0.191 e. The summed E-state index contributed by atoms with van der Waals surface area (Å²) in [5.74, 6) is 1.81. The topological polar surface area (TPSA) is 54.9 Å². The molecule has 1 fully saturated rings. The quantitative estimate of drug-likeness (QED) is 0.292. The van der Waals surface area contributed by atoms with E-state index in [2.05, 4.69) is 54.6 Å². The number of halogens is 1. The Bertz CT molecular complexity index is 497. The predicted molar refractivity (Wildman–Crippen MR) is 110 cm³/mol. The van der Waals surface area contributed by atoms with Crippen molar-refractivity contribution in [2.24, 2.45) is 4.99 Å². The maximum absolute atomic E-state index is 5.90. The van der Waals surface area contributed by atoms with Crippen molar-refractivity contribution in [3.05, 3.63) is 29.3 Å². The molecule has 136 valence electrons. The van der Waals surface area contributed by atoms with Crippen molar-refractivity contribution in [1.29, 1.82) is 0 Å². The number of ether oxygens (including phenoxy) is 2. The van der Waals surface area contributed by atoms with Crippen LogP contribution in [0.15, 0.2) is 23.2 Å². The fraction of sp³-hybridized carbons (Fsp3) is 0.611. The zero-order chi connectivity index (χ0) is 16.5. The van der Waals surface area contributed by atoms with Crippen LogP contribution in [0.2, 0.25) is 0 Å². The Morgan fingerprint density at radius 2 is 2.04 bits per heavy atom. The molecule has 0 amide bonds. The summed E-state index contributed by atoms with van der Waals surface area (Å²) in [7, 11) is 0. The summed E-state index contributed by atoms with van der Waals surface area (Å²) in [5, 5.41) is 6.57. The molecule has 0 aliphatic carbocycles. The van der Waals surface area contributed by atoms with Gasteiger partial charge in [0.05, 0.1) is 19.2 Å². The summed E-state index contributed by atoms with van der Waals surface area (Å²) in [6.45, 7) is 9.96. The number of para-hydroxylation sites is 1. The van der Waals surface area contributed by atoms with Crippen molar-refractivity contribution in [1.82, 2.24) is 10.6 Å². The normalized spacial score (nSPS) is 17.3. The van der Waals surface area contributed by atoms with E-state index in [-0.39, 0.29) is 30.1 Å². The van der Waals surface area contributed by atoms with Gasteiger partial charge in [-0.1, -0.05) is 18.2 Å². The van der Waals surface area contributed by atoms with Crippen molar-refractivity contribution in [2.45, 2.75) is 39.7 Å². The van der Waals surface area contributed by atoms with Gasteiger partial charge in [-0.25, -0.2) is 0 Å². The molecule has 0 aromatic heterocycles. The Labute approximate surface area is 162 Å². The van der Waals surface area contributed by atoms with E-state index >= 15 is 0 Å². The molecule has 0 saturated carbocycles. The molecular formula is C18H30IN3O2. The van der Waals surface area contributed by atoms with E-state index in [0.29, 0.717) is 19.7 Å². The van der Waals surface area contributed by atoms with E-state index in [9.17, 15) is 0 Å². The highest BCUT2D eigenvalue weighted by Crippen LogP contribution is 2.21. The highest BCUT2D eigenvalue weighted by Gasteiger charge is 2.14. The van der Waals surface area contributed by atoms with E-state index in [4.69, 9.17) is 9.47 Å². The first-order valence-electron chi connectivity index (χ1n) is 8.53. The summed E-state index contributed by atoms with van der Waals surface area (Å²) >= 11 is 0. The molecule has 1 saturated heterocycles. The van der Waals surface area contributed by atoms with Crippen LogP contribution in [0.5, 0.6) is 5.75 Å². The molecule has 1 aromatic carbocycles. The second kappa shape index (κ2) is 11.5. The number of guanidine groups is 1. The number of benzene rings is 1. The Morgan fingerprint density at radius 1 is 1.29 bits per heavy atom. The molecular weight excluding hydrogens is 417 g/mol. The molecule has 5 nitrogen and oxygen atoms in total. The summed E-state index contributed by atoms with van der Waals surface area (Å²) in [6.07, 6.45) is 2.53. The van der Waals surface area contributed by atoms with Crippen molar-refractivity contribution in [2.75, 3.05) is 32.8 Å². The van der Waals surface area contributed by atoms with Crippen molar-refractivity contribution in [3.8, 4) is 5.75 Å². The lowest BCUT2D eigenvalue weighted by Crippen LogP contribution is -2.39. The fourth-order valence-electron chi connectivity index (χ4n) is 2.67. The van der Waals surface area contributed by atoms with Gasteiger partial charge in [-0.2, -0.15) is 0 Å². The van der Waals surface area contributed by atoms with Gasteiger partial charge in [-0.15, -0.1) is 24.0 Å². The molecule has 2 rings (SSSR count). The minimum absolute atomic E-state index is 0. The SMILES string of the molecule is CCNC(=NCC1CCCO1)NCCOc1c(C)cccc1C.I. The van der Waals surface area contributed by atoms with Crippen LogP contribution >= 0.6 is 24.0 Å². The number of nitrogens with one attached hydrogen (secondary N) is 2. The van der Waals surface area contributed by atoms with Gasteiger partial charge < -0.3 is 20.1 Å². The van der Waals surface area contributed by atoms with Gasteiger partial charge in [-0.3, -0.25) is 4.99 Å². The van der Waals surface area contributed by atoms with E-state index < -0.39 is 0 Å². The first-order chi connectivity index (χ1) is 11.2. The van der Waals surface area contributed by atoms with Crippen LogP contribution in [0.3, 0.4) is 0 Å². The van der Waals surface area contributed by atoms with E-state index in [1.54, 1.807) is 0 Å². The highest BCUT2D eigenvalue weighted by molar-refractivity contribution is 14.0. The fourth-order valence-corrected chi connectivity index (χ4v) is 2.67. The van der Waals surface area contributed by atoms with Crippen LogP contribution in [-0.4, -0.2) is 44.9 Å². The number of rotatable bonds is 7. The summed E-state index contributed by atoms with van der Waals surface area (Å²) in [5.41, 5.74) is 2.34.